The highest BCUT2D eigenvalue weighted by molar-refractivity contribution is 7.15. The van der Waals surface area contributed by atoms with Crippen molar-refractivity contribution in [3.8, 4) is 38.8 Å². The fourth-order valence-electron chi connectivity index (χ4n) is 3.37. The number of methoxy groups -OCH3 is 1. The Morgan fingerprint density at radius 2 is 1.93 bits per heavy atom. The first-order valence-corrected chi connectivity index (χ1v) is 9.76. The van der Waals surface area contributed by atoms with Gasteiger partial charge in [-0.2, -0.15) is 5.10 Å². The first kappa shape index (κ1) is 16.8. The van der Waals surface area contributed by atoms with Gasteiger partial charge in [-0.25, -0.2) is 0 Å². The van der Waals surface area contributed by atoms with Crippen molar-refractivity contribution in [2.45, 2.75) is 6.92 Å². The average Bonchev–Trinajstić information content (AvgIpc) is 3.46. The van der Waals surface area contributed by atoms with Crippen LogP contribution in [0.1, 0.15) is 4.88 Å². The molecule has 0 fully saturated rings. The monoisotopic (exact) mass is 386 g/mol. The van der Waals surface area contributed by atoms with Crippen LogP contribution in [0.15, 0.2) is 60.9 Å². The number of aryl methyl sites for hydroxylation is 1. The van der Waals surface area contributed by atoms with Gasteiger partial charge in [0.15, 0.2) is 0 Å². The van der Waals surface area contributed by atoms with Crippen molar-refractivity contribution < 1.29 is 4.74 Å². The highest BCUT2D eigenvalue weighted by atomic mass is 32.1. The van der Waals surface area contributed by atoms with Crippen molar-refractivity contribution in [2.24, 2.45) is 0 Å². The van der Waals surface area contributed by atoms with Gasteiger partial charge in [-0.1, -0.05) is 12.1 Å². The summed E-state index contributed by atoms with van der Waals surface area (Å²) in [5.41, 5.74) is 6.03. The summed E-state index contributed by atoms with van der Waals surface area (Å²) < 4.78 is 5.26. The van der Waals surface area contributed by atoms with Crippen LogP contribution in [0.5, 0.6) is 5.75 Å². The second-order valence-electron chi connectivity index (χ2n) is 6.64. The lowest BCUT2D eigenvalue weighted by Gasteiger charge is -2.00. The van der Waals surface area contributed by atoms with Gasteiger partial charge in [0.2, 0.25) is 0 Å². The Morgan fingerprint density at radius 3 is 2.75 bits per heavy atom. The zero-order valence-corrected chi connectivity index (χ0v) is 16.3. The van der Waals surface area contributed by atoms with Crippen molar-refractivity contribution in [3.05, 3.63) is 65.8 Å². The lowest BCUT2D eigenvalue weighted by Crippen LogP contribution is -1.86. The Kier molecular flexibility index (Phi) is 3.98. The molecular weight excluding hydrogens is 368 g/mol. The Balaban J connectivity index is 1.56. The van der Waals surface area contributed by atoms with Crippen LogP contribution in [0.2, 0.25) is 0 Å². The van der Waals surface area contributed by atoms with Gasteiger partial charge >= 0.3 is 0 Å². The lowest BCUT2D eigenvalue weighted by molar-refractivity contribution is 0.413. The van der Waals surface area contributed by atoms with Crippen molar-refractivity contribution in [1.29, 1.82) is 0 Å². The SMILES string of the molecule is COc1cncc(-c2cc(-c3cc4c(-c5ccc(C)s5)cccc4[nH]3)[nH]n2)c1. The number of aromatic amines is 2. The summed E-state index contributed by atoms with van der Waals surface area (Å²) in [5.74, 6) is 0.712. The number of H-pyrrole nitrogens is 2. The predicted octanol–water partition coefficient (Wildman–Crippen LogP) is 5.67. The van der Waals surface area contributed by atoms with Gasteiger partial charge in [0.05, 0.1) is 30.4 Å². The molecule has 0 saturated carbocycles. The van der Waals surface area contributed by atoms with Gasteiger partial charge in [0.1, 0.15) is 5.75 Å². The van der Waals surface area contributed by atoms with E-state index in [1.54, 1.807) is 19.5 Å². The topological polar surface area (TPSA) is 66.6 Å². The largest absolute Gasteiger partial charge is 0.495 e. The van der Waals surface area contributed by atoms with E-state index < -0.39 is 0 Å². The first-order chi connectivity index (χ1) is 13.7. The molecule has 138 valence electrons. The summed E-state index contributed by atoms with van der Waals surface area (Å²) in [5, 5.41) is 8.80. The summed E-state index contributed by atoms with van der Waals surface area (Å²) in [6.07, 6.45) is 3.47. The number of thiophene rings is 1. The molecular formula is C22H18N4OS. The number of aromatic nitrogens is 4. The summed E-state index contributed by atoms with van der Waals surface area (Å²) in [6, 6.07) is 16.8. The van der Waals surface area contributed by atoms with E-state index in [0.29, 0.717) is 5.75 Å². The van der Waals surface area contributed by atoms with Crippen LogP contribution in [0.25, 0.3) is 44.0 Å². The fraction of sp³-hybridized carbons (Fsp3) is 0.0909. The zero-order chi connectivity index (χ0) is 19.1. The van der Waals surface area contributed by atoms with Crippen LogP contribution in [0, 0.1) is 6.92 Å². The number of pyridine rings is 1. The third kappa shape index (κ3) is 2.88. The average molecular weight is 386 g/mol. The summed E-state index contributed by atoms with van der Waals surface area (Å²) in [6.45, 7) is 2.14. The molecule has 0 aliphatic carbocycles. The molecule has 5 aromatic rings. The van der Waals surface area contributed by atoms with Crippen LogP contribution < -0.4 is 4.74 Å². The van der Waals surface area contributed by atoms with Gasteiger partial charge in [-0.3, -0.25) is 10.1 Å². The van der Waals surface area contributed by atoms with E-state index in [0.717, 1.165) is 28.2 Å². The Bertz CT molecular complexity index is 1280. The molecule has 2 N–H and O–H groups in total. The summed E-state index contributed by atoms with van der Waals surface area (Å²) >= 11 is 1.81. The number of rotatable bonds is 4. The molecule has 0 bridgehead atoms. The van der Waals surface area contributed by atoms with Crippen molar-refractivity contribution >= 4 is 22.2 Å². The molecule has 4 heterocycles. The van der Waals surface area contributed by atoms with Crippen LogP contribution >= 0.6 is 11.3 Å². The van der Waals surface area contributed by atoms with Crippen LogP contribution in [0.4, 0.5) is 0 Å². The van der Waals surface area contributed by atoms with Crippen LogP contribution in [-0.2, 0) is 0 Å². The number of nitrogens with one attached hydrogen (secondary N) is 2. The van der Waals surface area contributed by atoms with E-state index >= 15 is 0 Å². The number of ether oxygens (including phenoxy) is 1. The summed E-state index contributed by atoms with van der Waals surface area (Å²) in [7, 11) is 1.63. The second kappa shape index (κ2) is 6.65. The smallest absolute Gasteiger partial charge is 0.137 e. The minimum atomic E-state index is 0.712. The summed E-state index contributed by atoms with van der Waals surface area (Å²) in [4.78, 5) is 10.3. The maximum atomic E-state index is 5.26. The molecule has 1 aromatic carbocycles. The minimum Gasteiger partial charge on any atom is -0.495 e. The second-order valence-corrected chi connectivity index (χ2v) is 7.93. The molecule has 0 aliphatic heterocycles. The third-order valence-electron chi connectivity index (χ3n) is 4.78. The molecule has 5 nitrogen and oxygen atoms in total. The normalized spacial score (nSPS) is 11.2. The van der Waals surface area contributed by atoms with Crippen molar-refractivity contribution in [1.82, 2.24) is 20.2 Å². The van der Waals surface area contributed by atoms with E-state index in [4.69, 9.17) is 4.74 Å². The standard InChI is InChI=1S/C22H18N4OS/c1-13-6-7-22(28-13)16-4-3-5-18-17(16)9-20(24-18)21-10-19(25-26-21)14-8-15(27-2)12-23-11-14/h3-12,24H,1-2H3,(H,25,26). The fourth-order valence-corrected chi connectivity index (χ4v) is 4.28. The number of hydrogen-bond donors (Lipinski definition) is 2. The molecule has 0 saturated heterocycles. The maximum Gasteiger partial charge on any atom is 0.137 e. The van der Waals surface area contributed by atoms with Crippen molar-refractivity contribution in [2.75, 3.05) is 7.11 Å². The highest BCUT2D eigenvalue weighted by Gasteiger charge is 2.12. The highest BCUT2D eigenvalue weighted by Crippen LogP contribution is 2.36. The molecule has 0 aliphatic rings. The third-order valence-corrected chi connectivity index (χ3v) is 5.82. The maximum absolute atomic E-state index is 5.26. The molecule has 0 unspecified atom stereocenters. The van der Waals surface area contributed by atoms with Crippen molar-refractivity contribution in [3.63, 3.8) is 0 Å². The van der Waals surface area contributed by atoms with Gasteiger partial charge in [-0.05, 0) is 43.3 Å². The predicted molar refractivity (Wildman–Crippen MR) is 114 cm³/mol. The van der Waals surface area contributed by atoms with Gasteiger partial charge in [0, 0.05) is 38.0 Å². The Labute approximate surface area is 166 Å². The molecule has 6 heteroatoms. The number of benzene rings is 1. The molecule has 0 atom stereocenters. The van der Waals surface area contributed by atoms with E-state index in [1.807, 2.05) is 23.5 Å². The van der Waals surface area contributed by atoms with Gasteiger partial charge in [-0.15, -0.1) is 11.3 Å². The quantitative estimate of drug-likeness (QED) is 0.418. The van der Waals surface area contributed by atoms with E-state index in [2.05, 4.69) is 63.5 Å². The molecule has 0 radical (unpaired) electrons. The van der Waals surface area contributed by atoms with E-state index in [1.165, 1.54) is 20.7 Å². The first-order valence-electron chi connectivity index (χ1n) is 8.95. The lowest BCUT2D eigenvalue weighted by atomic mass is 10.1. The molecule has 0 spiro atoms. The molecule has 4 aromatic heterocycles. The minimum absolute atomic E-state index is 0.712. The molecule has 5 rings (SSSR count). The number of hydrogen-bond acceptors (Lipinski definition) is 4. The van der Waals surface area contributed by atoms with Gasteiger partial charge in [0.25, 0.3) is 0 Å². The zero-order valence-electron chi connectivity index (χ0n) is 15.5. The number of fused-ring (bicyclic) bond motifs is 1. The molecule has 28 heavy (non-hydrogen) atoms. The van der Waals surface area contributed by atoms with E-state index in [-0.39, 0.29) is 0 Å². The van der Waals surface area contributed by atoms with Crippen LogP contribution in [0.3, 0.4) is 0 Å². The van der Waals surface area contributed by atoms with Crippen LogP contribution in [-0.4, -0.2) is 27.3 Å². The number of nitrogens with zero attached hydrogens (tertiary/aromatic N) is 2. The Morgan fingerprint density at radius 1 is 1.00 bits per heavy atom. The Hall–Kier alpha value is -3.38. The van der Waals surface area contributed by atoms with E-state index in [9.17, 15) is 0 Å². The molecule has 0 amide bonds. The van der Waals surface area contributed by atoms with Gasteiger partial charge < -0.3 is 9.72 Å².